The van der Waals surface area contributed by atoms with E-state index in [1.165, 1.54) is 13.8 Å². The zero-order chi connectivity index (χ0) is 11.4. The molecule has 0 aliphatic carbocycles. The number of aliphatic hydroxyl groups is 1. The first-order valence-corrected chi connectivity index (χ1v) is 4.12. The van der Waals surface area contributed by atoms with Gasteiger partial charge in [0, 0.05) is 5.57 Å². The summed E-state index contributed by atoms with van der Waals surface area (Å²) < 4.78 is 0. The predicted molar refractivity (Wildman–Crippen MR) is 47.9 cm³/mol. The zero-order valence-corrected chi connectivity index (χ0v) is 8.49. The number of carbonyl (C=O) groups is 2. The van der Waals surface area contributed by atoms with Crippen LogP contribution in [-0.4, -0.2) is 22.6 Å². The summed E-state index contributed by atoms with van der Waals surface area (Å²) in [5.41, 5.74) is -1.54. The van der Waals surface area contributed by atoms with Crippen LogP contribution in [0.15, 0.2) is 12.2 Å². The first-order valence-electron chi connectivity index (χ1n) is 4.12. The molecule has 0 saturated heterocycles. The Kier molecular flexibility index (Phi) is 4.30. The average Bonchev–Trinajstić information content (AvgIpc) is 2.13. The molecule has 0 saturated carbocycles. The zero-order valence-electron chi connectivity index (χ0n) is 8.49. The van der Waals surface area contributed by atoms with Crippen LogP contribution in [0.25, 0.3) is 0 Å². The number of hydrogen-bond donors (Lipinski definition) is 1. The average molecular weight is 202 g/mol. The molecule has 1 atom stereocenters. The third-order valence-electron chi connectivity index (χ3n) is 1.67. The van der Waals surface area contributed by atoms with Crippen LogP contribution in [-0.2, 0) is 19.4 Å². The van der Waals surface area contributed by atoms with E-state index < -0.39 is 17.5 Å². The van der Waals surface area contributed by atoms with Crippen LogP contribution < -0.4 is 0 Å². The van der Waals surface area contributed by atoms with E-state index in [4.69, 9.17) is 0 Å². The van der Waals surface area contributed by atoms with Crippen molar-refractivity contribution in [3.8, 4) is 0 Å². The molecule has 1 N–H and O–H groups in total. The minimum absolute atomic E-state index is 0.106. The predicted octanol–water partition coefficient (Wildman–Crippen LogP) is 0.725. The summed E-state index contributed by atoms with van der Waals surface area (Å²) in [6.07, 6.45) is 0.163. The van der Waals surface area contributed by atoms with Gasteiger partial charge in [0.2, 0.25) is 0 Å². The van der Waals surface area contributed by atoms with Crippen molar-refractivity contribution in [2.75, 3.05) is 0 Å². The van der Waals surface area contributed by atoms with Crippen LogP contribution in [0.4, 0.5) is 0 Å². The number of rotatable bonds is 3. The van der Waals surface area contributed by atoms with E-state index in [0.717, 1.165) is 0 Å². The Hall–Kier alpha value is -1.36. The molecule has 5 nitrogen and oxygen atoms in total. The van der Waals surface area contributed by atoms with Crippen LogP contribution in [0.5, 0.6) is 0 Å². The molecule has 14 heavy (non-hydrogen) atoms. The fraction of sp³-hybridized carbons (Fsp3) is 0.556. The molecular formula is C9H14O5. The van der Waals surface area contributed by atoms with E-state index in [0.29, 0.717) is 0 Å². The summed E-state index contributed by atoms with van der Waals surface area (Å²) in [7, 11) is 0. The molecule has 1 unspecified atom stereocenters. The van der Waals surface area contributed by atoms with Crippen LogP contribution in [0.2, 0.25) is 0 Å². The van der Waals surface area contributed by atoms with E-state index in [1.807, 2.05) is 0 Å². The van der Waals surface area contributed by atoms with Crippen LogP contribution in [0.1, 0.15) is 27.2 Å². The van der Waals surface area contributed by atoms with Gasteiger partial charge in [-0.1, -0.05) is 13.5 Å². The third kappa shape index (κ3) is 3.57. The molecule has 0 radical (unpaired) electrons. The lowest BCUT2D eigenvalue weighted by Gasteiger charge is -2.16. The lowest BCUT2D eigenvalue weighted by atomic mass is 10.1. The van der Waals surface area contributed by atoms with Crippen LogP contribution in [0, 0.1) is 0 Å². The second kappa shape index (κ2) is 4.76. The van der Waals surface area contributed by atoms with E-state index in [2.05, 4.69) is 16.4 Å². The second-order valence-electron chi connectivity index (χ2n) is 3.15. The Morgan fingerprint density at radius 2 is 1.93 bits per heavy atom. The molecule has 5 heteroatoms. The Balaban J connectivity index is 4.10. The summed E-state index contributed by atoms with van der Waals surface area (Å²) in [6, 6.07) is 0. The van der Waals surface area contributed by atoms with Gasteiger partial charge in [-0.25, -0.2) is 19.4 Å². The molecule has 0 spiro atoms. The van der Waals surface area contributed by atoms with Crippen molar-refractivity contribution in [1.82, 2.24) is 0 Å². The molecule has 0 rings (SSSR count). The fourth-order valence-electron chi connectivity index (χ4n) is 0.381. The minimum atomic E-state index is -1.64. The lowest BCUT2D eigenvalue weighted by molar-refractivity contribution is -0.267. The first-order chi connectivity index (χ1) is 6.31. The molecule has 0 aromatic carbocycles. The molecule has 0 bridgehead atoms. The van der Waals surface area contributed by atoms with Gasteiger partial charge in [0.15, 0.2) is 5.60 Å². The lowest BCUT2D eigenvalue weighted by Crippen LogP contribution is -2.36. The quantitative estimate of drug-likeness (QED) is 0.415. The summed E-state index contributed by atoms with van der Waals surface area (Å²) >= 11 is 0. The van der Waals surface area contributed by atoms with E-state index in [9.17, 15) is 14.7 Å². The maximum absolute atomic E-state index is 11.0. The molecule has 0 heterocycles. The van der Waals surface area contributed by atoms with E-state index in [-0.39, 0.29) is 12.0 Å². The Morgan fingerprint density at radius 3 is 2.29 bits per heavy atom. The van der Waals surface area contributed by atoms with Gasteiger partial charge in [0.1, 0.15) is 0 Å². The largest absolute Gasteiger partial charge is 0.386 e. The minimum Gasteiger partial charge on any atom is -0.378 e. The van der Waals surface area contributed by atoms with Crippen molar-refractivity contribution in [2.24, 2.45) is 0 Å². The number of carbonyl (C=O) groups excluding carboxylic acids is 2. The van der Waals surface area contributed by atoms with Gasteiger partial charge in [-0.05, 0) is 20.3 Å². The van der Waals surface area contributed by atoms with Crippen LogP contribution >= 0.6 is 0 Å². The Morgan fingerprint density at radius 1 is 1.43 bits per heavy atom. The van der Waals surface area contributed by atoms with Crippen molar-refractivity contribution in [3.63, 3.8) is 0 Å². The summed E-state index contributed by atoms with van der Waals surface area (Å²) in [5.74, 6) is -1.85. The Bertz CT molecular complexity index is 254. The van der Waals surface area contributed by atoms with Gasteiger partial charge in [0.25, 0.3) is 0 Å². The van der Waals surface area contributed by atoms with Gasteiger partial charge < -0.3 is 5.11 Å². The first kappa shape index (κ1) is 12.6. The molecule has 0 aromatic rings. The normalized spacial score (nSPS) is 14.0. The molecule has 0 amide bonds. The maximum atomic E-state index is 11.0. The summed E-state index contributed by atoms with van der Waals surface area (Å²) in [4.78, 5) is 30.1. The van der Waals surface area contributed by atoms with Gasteiger partial charge in [0.05, 0.1) is 0 Å². The smallest absolute Gasteiger partial charge is 0.378 e. The highest BCUT2D eigenvalue weighted by atomic mass is 17.2. The topological polar surface area (TPSA) is 72.8 Å². The highest BCUT2D eigenvalue weighted by Gasteiger charge is 2.32. The highest BCUT2D eigenvalue weighted by molar-refractivity contribution is 5.87. The van der Waals surface area contributed by atoms with Crippen molar-refractivity contribution >= 4 is 11.9 Å². The van der Waals surface area contributed by atoms with Crippen molar-refractivity contribution < 1.29 is 24.5 Å². The van der Waals surface area contributed by atoms with Gasteiger partial charge in [-0.15, -0.1) is 0 Å². The van der Waals surface area contributed by atoms with Gasteiger partial charge in [-0.2, -0.15) is 0 Å². The van der Waals surface area contributed by atoms with E-state index in [1.54, 1.807) is 6.92 Å². The summed E-state index contributed by atoms with van der Waals surface area (Å²) in [6.45, 7) is 7.56. The molecule has 0 aromatic heterocycles. The number of hydrogen-bond acceptors (Lipinski definition) is 5. The van der Waals surface area contributed by atoms with Crippen molar-refractivity contribution in [2.45, 2.75) is 32.8 Å². The van der Waals surface area contributed by atoms with E-state index >= 15 is 0 Å². The maximum Gasteiger partial charge on any atom is 0.386 e. The molecule has 0 aliphatic heterocycles. The Labute approximate surface area is 82.2 Å². The summed E-state index contributed by atoms with van der Waals surface area (Å²) in [5, 5.41) is 9.35. The molecule has 0 fully saturated rings. The second-order valence-corrected chi connectivity index (χ2v) is 3.15. The van der Waals surface area contributed by atoms with Gasteiger partial charge in [-0.3, -0.25) is 0 Å². The molecule has 0 aliphatic rings. The third-order valence-corrected chi connectivity index (χ3v) is 1.67. The van der Waals surface area contributed by atoms with Gasteiger partial charge >= 0.3 is 11.9 Å². The fourth-order valence-corrected chi connectivity index (χ4v) is 0.381. The monoisotopic (exact) mass is 202 g/mol. The van der Waals surface area contributed by atoms with Crippen LogP contribution in [0.3, 0.4) is 0 Å². The van der Waals surface area contributed by atoms with Crippen molar-refractivity contribution in [1.29, 1.82) is 0 Å². The molecular weight excluding hydrogens is 188 g/mol. The highest BCUT2D eigenvalue weighted by Crippen LogP contribution is 2.11. The molecule has 80 valence electrons. The standard InChI is InChI=1S/C9H14O5/c1-5-9(4,12)8(11)14-13-7(10)6(2)3/h12H,2,5H2,1,3-4H3. The SMILES string of the molecule is C=C(C)C(=O)OOC(=O)C(C)(O)CC. The van der Waals surface area contributed by atoms with Crippen molar-refractivity contribution in [3.05, 3.63) is 12.2 Å².